The van der Waals surface area contributed by atoms with Gasteiger partial charge < -0.3 is 9.67 Å². The number of imidazole rings is 1. The zero-order valence-corrected chi connectivity index (χ0v) is 10.1. The summed E-state index contributed by atoms with van der Waals surface area (Å²) in [4.78, 5) is 4.43. The van der Waals surface area contributed by atoms with Crippen LogP contribution >= 0.6 is 11.6 Å². The smallest absolute Gasteiger partial charge is 0.141 e. The van der Waals surface area contributed by atoms with Gasteiger partial charge in [0.2, 0.25) is 0 Å². The van der Waals surface area contributed by atoms with Crippen LogP contribution in [-0.4, -0.2) is 20.8 Å². The Bertz CT molecular complexity index is 550. The molecule has 2 aromatic rings. The van der Waals surface area contributed by atoms with E-state index in [1.165, 1.54) is 5.69 Å². The van der Waals surface area contributed by atoms with E-state index >= 15 is 0 Å². The second-order valence-corrected chi connectivity index (χ2v) is 4.76. The Kier molecular flexibility index (Phi) is 2.65. The number of hydrogen-bond acceptors (Lipinski definition) is 2. The molecule has 0 saturated carbocycles. The van der Waals surface area contributed by atoms with Gasteiger partial charge in [-0.25, -0.2) is 4.98 Å². The minimum atomic E-state index is -0.280. The van der Waals surface area contributed by atoms with E-state index in [4.69, 9.17) is 11.6 Å². The molecule has 0 saturated heterocycles. The Labute approximate surface area is 105 Å². The van der Waals surface area contributed by atoms with Gasteiger partial charge in [0, 0.05) is 17.5 Å². The molecular formula is C13H13ClN2O. The van der Waals surface area contributed by atoms with Crippen molar-refractivity contribution in [2.75, 3.05) is 0 Å². The van der Waals surface area contributed by atoms with E-state index in [1.54, 1.807) is 0 Å². The van der Waals surface area contributed by atoms with Crippen LogP contribution in [0.15, 0.2) is 30.5 Å². The monoisotopic (exact) mass is 248 g/mol. The van der Waals surface area contributed by atoms with Crippen LogP contribution in [0.3, 0.4) is 0 Å². The van der Waals surface area contributed by atoms with Gasteiger partial charge in [-0.3, -0.25) is 0 Å². The third kappa shape index (κ3) is 1.85. The predicted molar refractivity (Wildman–Crippen MR) is 67.0 cm³/mol. The fraction of sp³-hybridized carbons (Fsp3) is 0.308. The highest BCUT2D eigenvalue weighted by Crippen LogP contribution is 2.29. The highest BCUT2D eigenvalue weighted by atomic mass is 35.5. The van der Waals surface area contributed by atoms with E-state index in [9.17, 15) is 5.11 Å². The summed E-state index contributed by atoms with van der Waals surface area (Å²) < 4.78 is 2.06. The predicted octanol–water partition coefficient (Wildman–Crippen LogP) is 2.51. The van der Waals surface area contributed by atoms with Crippen molar-refractivity contribution in [3.05, 3.63) is 41.2 Å². The Hall–Kier alpha value is -1.32. The summed E-state index contributed by atoms with van der Waals surface area (Å²) in [5.41, 5.74) is 2.10. The van der Waals surface area contributed by atoms with Gasteiger partial charge in [-0.2, -0.15) is 0 Å². The summed E-state index contributed by atoms with van der Waals surface area (Å²) in [5, 5.41) is 10.4. The van der Waals surface area contributed by atoms with Crippen LogP contribution in [-0.2, 0) is 13.0 Å². The summed E-state index contributed by atoms with van der Waals surface area (Å²) in [6, 6.07) is 7.67. The van der Waals surface area contributed by atoms with Crippen LogP contribution < -0.4 is 0 Å². The van der Waals surface area contributed by atoms with Crippen LogP contribution in [0.2, 0.25) is 5.02 Å². The number of nitrogens with zero attached hydrogens (tertiary/aromatic N) is 2. The van der Waals surface area contributed by atoms with E-state index in [2.05, 4.69) is 9.55 Å². The topological polar surface area (TPSA) is 38.1 Å². The number of fused-ring (bicyclic) bond motifs is 1. The zero-order valence-electron chi connectivity index (χ0n) is 9.31. The second-order valence-electron chi connectivity index (χ2n) is 4.36. The van der Waals surface area contributed by atoms with E-state index < -0.39 is 0 Å². The van der Waals surface area contributed by atoms with Gasteiger partial charge in [0.05, 0.1) is 17.7 Å². The lowest BCUT2D eigenvalue weighted by Crippen LogP contribution is -2.24. The third-order valence-electron chi connectivity index (χ3n) is 3.18. The molecule has 1 aromatic carbocycles. The van der Waals surface area contributed by atoms with Crippen molar-refractivity contribution in [1.29, 1.82) is 0 Å². The molecule has 0 fully saturated rings. The maximum absolute atomic E-state index is 9.73. The number of hydrogen-bond donors (Lipinski definition) is 1. The Morgan fingerprint density at radius 1 is 1.35 bits per heavy atom. The van der Waals surface area contributed by atoms with Crippen LogP contribution in [0, 0.1) is 0 Å². The van der Waals surface area contributed by atoms with Crippen LogP contribution in [0.1, 0.15) is 12.1 Å². The minimum Gasteiger partial charge on any atom is -0.391 e. The number of rotatable bonds is 1. The number of aliphatic hydroxyl groups excluding tert-OH is 1. The highest BCUT2D eigenvalue weighted by Gasteiger charge is 2.21. The van der Waals surface area contributed by atoms with Gasteiger partial charge in [-0.1, -0.05) is 23.7 Å². The standard InChI is InChI=1S/C13H13ClN2O/c14-12-4-2-1-3-11(12)13-15-7-9-5-6-10(17)8-16(9)13/h1-4,7,10,17H,5-6,8H2. The summed E-state index contributed by atoms with van der Waals surface area (Å²) in [6.45, 7) is 0.607. The van der Waals surface area contributed by atoms with Gasteiger partial charge in [0.1, 0.15) is 5.82 Å². The largest absolute Gasteiger partial charge is 0.391 e. The molecule has 3 nitrogen and oxygen atoms in total. The van der Waals surface area contributed by atoms with E-state index in [-0.39, 0.29) is 6.10 Å². The van der Waals surface area contributed by atoms with Gasteiger partial charge in [0.25, 0.3) is 0 Å². The highest BCUT2D eigenvalue weighted by molar-refractivity contribution is 6.33. The Morgan fingerprint density at radius 2 is 2.18 bits per heavy atom. The van der Waals surface area contributed by atoms with Crippen molar-refractivity contribution >= 4 is 11.6 Å². The molecule has 0 aliphatic carbocycles. The van der Waals surface area contributed by atoms with Crippen molar-refractivity contribution in [1.82, 2.24) is 9.55 Å². The van der Waals surface area contributed by atoms with Crippen LogP contribution in [0.25, 0.3) is 11.4 Å². The average molecular weight is 249 g/mol. The van der Waals surface area contributed by atoms with Gasteiger partial charge in [0.15, 0.2) is 0 Å². The number of benzene rings is 1. The first-order valence-electron chi connectivity index (χ1n) is 5.73. The minimum absolute atomic E-state index is 0.280. The molecule has 0 bridgehead atoms. The Morgan fingerprint density at radius 3 is 3.00 bits per heavy atom. The lowest BCUT2D eigenvalue weighted by Gasteiger charge is -2.21. The molecule has 4 heteroatoms. The fourth-order valence-electron chi connectivity index (χ4n) is 2.29. The first kappa shape index (κ1) is 10.8. The lowest BCUT2D eigenvalue weighted by atomic mass is 10.1. The molecule has 1 aromatic heterocycles. The van der Waals surface area contributed by atoms with Gasteiger partial charge in [-0.15, -0.1) is 0 Å². The van der Waals surface area contributed by atoms with Crippen molar-refractivity contribution < 1.29 is 5.11 Å². The van der Waals surface area contributed by atoms with E-state index in [0.717, 1.165) is 24.2 Å². The molecule has 1 aliphatic rings. The SMILES string of the molecule is OC1CCc2cnc(-c3ccccc3Cl)n2C1. The molecule has 1 unspecified atom stereocenters. The molecule has 0 spiro atoms. The normalized spacial score (nSPS) is 19.1. The maximum Gasteiger partial charge on any atom is 0.141 e. The first-order valence-corrected chi connectivity index (χ1v) is 6.11. The average Bonchev–Trinajstić information content (AvgIpc) is 2.72. The molecule has 1 N–H and O–H groups in total. The number of aryl methyl sites for hydroxylation is 1. The molecular weight excluding hydrogens is 236 g/mol. The van der Waals surface area contributed by atoms with Gasteiger partial charge in [-0.05, 0) is 25.0 Å². The summed E-state index contributed by atoms with van der Waals surface area (Å²) in [6.07, 6.45) is 3.29. The quantitative estimate of drug-likeness (QED) is 0.842. The van der Waals surface area contributed by atoms with Crippen molar-refractivity contribution in [2.24, 2.45) is 0 Å². The molecule has 1 atom stereocenters. The number of aliphatic hydroxyl groups is 1. The first-order chi connectivity index (χ1) is 8.25. The van der Waals surface area contributed by atoms with E-state index in [1.807, 2.05) is 30.5 Å². The van der Waals surface area contributed by atoms with Crippen LogP contribution in [0.5, 0.6) is 0 Å². The van der Waals surface area contributed by atoms with Crippen molar-refractivity contribution in [2.45, 2.75) is 25.5 Å². The number of halogens is 1. The number of aromatic nitrogens is 2. The molecule has 2 heterocycles. The van der Waals surface area contributed by atoms with Gasteiger partial charge >= 0.3 is 0 Å². The van der Waals surface area contributed by atoms with E-state index in [0.29, 0.717) is 11.6 Å². The molecule has 0 radical (unpaired) electrons. The molecule has 3 rings (SSSR count). The van der Waals surface area contributed by atoms with Crippen LogP contribution in [0.4, 0.5) is 0 Å². The summed E-state index contributed by atoms with van der Waals surface area (Å²) >= 11 is 6.18. The molecule has 17 heavy (non-hydrogen) atoms. The molecule has 1 aliphatic heterocycles. The third-order valence-corrected chi connectivity index (χ3v) is 3.51. The van der Waals surface area contributed by atoms with Crippen molar-refractivity contribution in [3.63, 3.8) is 0 Å². The lowest BCUT2D eigenvalue weighted by molar-refractivity contribution is 0.132. The second kappa shape index (κ2) is 4.17. The summed E-state index contributed by atoms with van der Waals surface area (Å²) in [7, 11) is 0. The zero-order chi connectivity index (χ0) is 11.8. The summed E-state index contributed by atoms with van der Waals surface area (Å²) in [5.74, 6) is 0.851. The maximum atomic E-state index is 9.73. The molecule has 0 amide bonds. The fourth-order valence-corrected chi connectivity index (χ4v) is 2.51. The molecule has 88 valence electrons. The van der Waals surface area contributed by atoms with Crippen molar-refractivity contribution in [3.8, 4) is 11.4 Å². The Balaban J connectivity index is 2.11.